The molecule has 0 fully saturated rings. The monoisotopic (exact) mass is 837 g/mol. The Kier molecular flexibility index (Phi) is 10.1. The molecule has 8 rings (SSSR count). The molecule has 4 heteroatoms. The third-order valence-electron chi connectivity index (χ3n) is 12.6. The van der Waals surface area contributed by atoms with Gasteiger partial charge in [0, 0.05) is 0 Å². The van der Waals surface area contributed by atoms with Gasteiger partial charge >= 0.3 is 334 Å². The van der Waals surface area contributed by atoms with Crippen LogP contribution in [-0.4, -0.2) is 5.92 Å². The summed E-state index contributed by atoms with van der Waals surface area (Å²) in [4.78, 5) is 0. The molecule has 0 saturated carbocycles. The molecule has 0 saturated heterocycles. The zero-order valence-corrected chi connectivity index (χ0v) is 37.4. The van der Waals surface area contributed by atoms with Crippen LogP contribution in [0, 0.1) is 13.8 Å². The molecule has 0 radical (unpaired) electrons. The number of hydrogen-bond donors (Lipinski definition) is 0. The van der Waals surface area contributed by atoms with E-state index in [-0.39, 0.29) is 7.25 Å². The Morgan fingerprint density at radius 2 is 0.833 bits per heavy atom. The number of benzene rings is 6. The van der Waals surface area contributed by atoms with Crippen molar-refractivity contribution in [2.75, 3.05) is 0 Å². The third kappa shape index (κ3) is 5.87. The molecular weight excluding hydrogens is 791 g/mol. The van der Waals surface area contributed by atoms with Crippen LogP contribution in [0.25, 0.3) is 56.7 Å². The second kappa shape index (κ2) is 14.5. The fraction of sp³-hybridized carbons (Fsp3) is 0.200. The van der Waals surface area contributed by atoms with Crippen molar-refractivity contribution in [1.29, 1.82) is 0 Å². The summed E-state index contributed by atoms with van der Waals surface area (Å²) in [5.41, 5.74) is 20.8. The number of fused-ring (bicyclic) bond motifs is 2. The summed E-state index contributed by atoms with van der Waals surface area (Å²) in [6.07, 6.45) is 6.86. The van der Waals surface area contributed by atoms with Crippen LogP contribution in [0.5, 0.6) is 0 Å². The van der Waals surface area contributed by atoms with E-state index in [9.17, 15) is 0 Å². The summed E-state index contributed by atoms with van der Waals surface area (Å²) in [6, 6.07) is 48.8. The van der Waals surface area contributed by atoms with Gasteiger partial charge in [-0.05, 0) is 0 Å². The van der Waals surface area contributed by atoms with Crippen LogP contribution in [0.3, 0.4) is 0 Å². The van der Waals surface area contributed by atoms with Gasteiger partial charge in [0.1, 0.15) is 0 Å². The molecule has 2 unspecified atom stereocenters. The molecule has 0 spiro atoms. The Hall–Kier alpha value is -3.52. The van der Waals surface area contributed by atoms with Gasteiger partial charge in [0.2, 0.25) is 0 Å². The molecule has 0 amide bonds. The molecule has 54 heavy (non-hydrogen) atoms. The first kappa shape index (κ1) is 37.4. The summed E-state index contributed by atoms with van der Waals surface area (Å²) in [6.45, 7) is 14.1. The van der Waals surface area contributed by atoms with Gasteiger partial charge in [-0.1, -0.05) is 0 Å². The van der Waals surface area contributed by atoms with Crippen molar-refractivity contribution in [2.24, 2.45) is 0 Å². The maximum atomic E-state index is 8.83. The van der Waals surface area contributed by atoms with Crippen molar-refractivity contribution in [3.63, 3.8) is 0 Å². The van der Waals surface area contributed by atoms with Gasteiger partial charge < -0.3 is 0 Å². The van der Waals surface area contributed by atoms with Crippen molar-refractivity contribution < 1.29 is 15.6 Å². The van der Waals surface area contributed by atoms with E-state index in [0.717, 1.165) is 12.8 Å². The molecule has 6 aromatic rings. The fourth-order valence-corrected chi connectivity index (χ4v) is 41.6. The van der Waals surface area contributed by atoms with E-state index < -0.39 is 21.5 Å². The predicted octanol–water partition coefficient (Wildman–Crippen LogP) is 15.3. The van der Waals surface area contributed by atoms with E-state index in [2.05, 4.69) is 186 Å². The van der Waals surface area contributed by atoms with E-state index in [0.29, 0.717) is 0 Å². The van der Waals surface area contributed by atoms with E-state index >= 15 is 0 Å². The quantitative estimate of drug-likeness (QED) is 0.127. The average Bonchev–Trinajstić information content (AvgIpc) is 3.78. The number of rotatable bonds is 9. The normalized spacial score (nSPS) is 17.1. The molecule has 6 aromatic carbocycles. The molecule has 2 aliphatic carbocycles. The average molecular weight is 840 g/mol. The van der Waals surface area contributed by atoms with Crippen molar-refractivity contribution in [3.8, 4) is 44.5 Å². The third-order valence-corrected chi connectivity index (χ3v) is 64.4. The summed E-state index contributed by atoms with van der Waals surface area (Å²) in [5.74, 6) is -1.71. The van der Waals surface area contributed by atoms with E-state index in [1.54, 1.807) is 0 Å². The Morgan fingerprint density at radius 3 is 1.19 bits per heavy atom. The maximum absolute atomic E-state index is 8.83. The molecule has 0 aromatic heterocycles. The molecule has 0 nitrogen and oxygen atoms in total. The van der Waals surface area contributed by atoms with Gasteiger partial charge in [-0.3, -0.25) is 0 Å². The summed E-state index contributed by atoms with van der Waals surface area (Å²) in [7, 11) is 17.7. The number of aryl methyl sites for hydroxylation is 2. The standard InChI is InChI=1S/2C24H21.C2H7Si.2ClH.Zr/c2*1-3-18-15-20-14-13-17(2)24(23(20)16-18)22-12-8-7-11-21(22)19-9-5-4-6-10-19;1-3-2;;;/h2*4-16H,3H2,1-2H3;3H,1-2H3;2*1H;/q;;;;;+2/p-2. The number of halogens is 2. The topological polar surface area (TPSA) is 0 Å². The SMILES string of the molecule is CCC1=Cc2c(ccc(C)c2-c2ccccc2-c2ccccc2)[CH]1[Zr]([Cl])([Cl])([CH]1C(CC)=Cc2c1ccc(C)c2-c1ccccc1-c1ccccc1)[SiH](C)C. The second-order valence-corrected chi connectivity index (χ2v) is 58.2. The Labute approximate surface area is 331 Å². The predicted molar refractivity (Wildman–Crippen MR) is 237 cm³/mol. The summed E-state index contributed by atoms with van der Waals surface area (Å²) < 4.78 is 0.105. The molecule has 0 aliphatic heterocycles. The van der Waals surface area contributed by atoms with Gasteiger partial charge in [-0.2, -0.15) is 0 Å². The minimum atomic E-state index is -4.96. The van der Waals surface area contributed by atoms with Gasteiger partial charge in [0.05, 0.1) is 0 Å². The second-order valence-electron chi connectivity index (χ2n) is 15.7. The Morgan fingerprint density at radius 1 is 0.481 bits per heavy atom. The van der Waals surface area contributed by atoms with Crippen LogP contribution in [0.2, 0.25) is 13.1 Å². The molecule has 0 bridgehead atoms. The van der Waals surface area contributed by atoms with Crippen molar-refractivity contribution >= 4 is 35.1 Å². The van der Waals surface area contributed by atoms with Crippen molar-refractivity contribution in [1.82, 2.24) is 0 Å². The van der Waals surface area contributed by atoms with E-state index in [1.807, 2.05) is 0 Å². The summed E-state index contributed by atoms with van der Waals surface area (Å²) >= 11 is -4.96. The zero-order chi connectivity index (χ0) is 37.8. The fourth-order valence-electron chi connectivity index (χ4n) is 9.85. The number of hydrogen-bond acceptors (Lipinski definition) is 0. The summed E-state index contributed by atoms with van der Waals surface area (Å²) in [5, 5.41) is 0. The first-order valence-corrected chi connectivity index (χ1v) is 35.9. The molecule has 0 heterocycles. The Balaban J connectivity index is 1.35. The molecular formula is C50H49Cl2SiZr. The van der Waals surface area contributed by atoms with Crippen molar-refractivity contribution in [3.05, 3.63) is 178 Å². The first-order chi connectivity index (χ1) is 26.1. The van der Waals surface area contributed by atoms with Crippen molar-refractivity contribution in [2.45, 2.75) is 60.9 Å². The molecule has 271 valence electrons. The van der Waals surface area contributed by atoms with Crippen LogP contribution < -0.4 is 0 Å². The molecule has 2 aliphatic rings. The zero-order valence-electron chi connectivity index (χ0n) is 32.3. The van der Waals surface area contributed by atoms with Gasteiger partial charge in [-0.15, -0.1) is 0 Å². The van der Waals surface area contributed by atoms with E-state index in [4.69, 9.17) is 17.0 Å². The van der Waals surface area contributed by atoms with Crippen LogP contribution in [0.4, 0.5) is 0 Å². The molecule has 0 N–H and O–H groups in total. The van der Waals surface area contributed by atoms with Crippen LogP contribution in [0.1, 0.15) is 67.3 Å². The van der Waals surface area contributed by atoms with Crippen LogP contribution in [0.15, 0.2) is 145 Å². The number of allylic oxidation sites excluding steroid dienone is 2. The van der Waals surface area contributed by atoms with Crippen LogP contribution in [-0.2, 0) is 15.6 Å². The Bertz CT molecular complexity index is 2290. The minimum absolute atomic E-state index is 0.0527. The van der Waals surface area contributed by atoms with E-state index in [1.165, 1.54) is 89.0 Å². The van der Waals surface area contributed by atoms with Gasteiger partial charge in [-0.25, -0.2) is 0 Å². The van der Waals surface area contributed by atoms with Crippen LogP contribution >= 0.6 is 17.0 Å². The first-order valence-electron chi connectivity index (χ1n) is 19.6. The molecule has 2 atom stereocenters. The van der Waals surface area contributed by atoms with Gasteiger partial charge in [0.25, 0.3) is 0 Å². The van der Waals surface area contributed by atoms with Gasteiger partial charge in [0.15, 0.2) is 0 Å².